The smallest absolute Gasteiger partial charge is 0.256 e. The van der Waals surface area contributed by atoms with Gasteiger partial charge in [-0.1, -0.05) is 31.0 Å². The molecule has 6 nitrogen and oxygen atoms in total. The lowest BCUT2D eigenvalue weighted by Crippen LogP contribution is -2.71. The van der Waals surface area contributed by atoms with Crippen LogP contribution in [-0.4, -0.2) is 52.0 Å². The van der Waals surface area contributed by atoms with Crippen LogP contribution in [0.15, 0.2) is 48.8 Å². The van der Waals surface area contributed by atoms with Crippen molar-refractivity contribution in [2.45, 2.75) is 43.7 Å². The number of aromatic nitrogens is 1. The van der Waals surface area contributed by atoms with Crippen molar-refractivity contribution in [1.82, 2.24) is 9.88 Å². The molecule has 0 bridgehead atoms. The van der Waals surface area contributed by atoms with E-state index in [1.165, 1.54) is 0 Å². The van der Waals surface area contributed by atoms with E-state index in [1.807, 2.05) is 29.2 Å². The van der Waals surface area contributed by atoms with Crippen molar-refractivity contribution in [3.05, 3.63) is 59.9 Å². The fourth-order valence-corrected chi connectivity index (χ4v) is 5.41. The Morgan fingerprint density at radius 1 is 1.10 bits per heavy atom. The van der Waals surface area contributed by atoms with E-state index in [-0.39, 0.29) is 42.3 Å². The van der Waals surface area contributed by atoms with Crippen molar-refractivity contribution in [1.29, 1.82) is 0 Å². The topological polar surface area (TPSA) is 73.7 Å². The number of fused-ring (bicyclic) bond motifs is 3. The van der Waals surface area contributed by atoms with Gasteiger partial charge >= 0.3 is 0 Å². The SMILES string of the molecule is O=C(C1CCCC1)N1C[C@H]2[C@@H](c3ccccc31)[C@@H](CO)N2C(=O)c1cccnc1. The number of anilines is 1. The van der Waals surface area contributed by atoms with Crippen LogP contribution in [0.4, 0.5) is 5.69 Å². The van der Waals surface area contributed by atoms with E-state index in [9.17, 15) is 14.7 Å². The number of aliphatic hydroxyl groups is 1. The first-order chi connectivity index (χ1) is 14.2. The Labute approximate surface area is 170 Å². The summed E-state index contributed by atoms with van der Waals surface area (Å²) in [5.74, 6) is 0.168. The number of para-hydroxylation sites is 1. The second kappa shape index (κ2) is 7.26. The third-order valence-electron chi connectivity index (χ3n) is 6.80. The van der Waals surface area contributed by atoms with Crippen LogP contribution < -0.4 is 4.90 Å². The Kier molecular flexibility index (Phi) is 4.59. The van der Waals surface area contributed by atoms with E-state index in [1.54, 1.807) is 29.4 Å². The van der Waals surface area contributed by atoms with Crippen LogP contribution in [0.25, 0.3) is 0 Å². The summed E-state index contributed by atoms with van der Waals surface area (Å²) in [6.07, 6.45) is 7.30. The number of aliphatic hydroxyl groups excluding tert-OH is 1. The Morgan fingerprint density at radius 2 is 1.90 bits per heavy atom. The Hall–Kier alpha value is -2.73. The van der Waals surface area contributed by atoms with E-state index in [0.29, 0.717) is 12.1 Å². The molecule has 1 aromatic carbocycles. The number of rotatable bonds is 3. The third-order valence-corrected chi connectivity index (χ3v) is 6.80. The summed E-state index contributed by atoms with van der Waals surface area (Å²) in [4.78, 5) is 34.2. The summed E-state index contributed by atoms with van der Waals surface area (Å²) in [6.45, 7) is 0.386. The van der Waals surface area contributed by atoms with E-state index in [0.717, 1.165) is 36.9 Å². The lowest BCUT2D eigenvalue weighted by atomic mass is 9.71. The second-order valence-electron chi connectivity index (χ2n) is 8.29. The van der Waals surface area contributed by atoms with Crippen LogP contribution in [0.2, 0.25) is 0 Å². The first-order valence-corrected chi connectivity index (χ1v) is 10.4. The minimum Gasteiger partial charge on any atom is -0.394 e. The zero-order valence-electron chi connectivity index (χ0n) is 16.3. The molecule has 2 aliphatic heterocycles. The van der Waals surface area contributed by atoms with Crippen LogP contribution in [-0.2, 0) is 4.79 Å². The maximum Gasteiger partial charge on any atom is 0.256 e. The molecule has 3 atom stereocenters. The third kappa shape index (κ3) is 2.85. The molecule has 29 heavy (non-hydrogen) atoms. The van der Waals surface area contributed by atoms with Gasteiger partial charge in [-0.3, -0.25) is 14.6 Å². The number of nitrogens with zero attached hydrogens (tertiary/aromatic N) is 3. The number of carbonyl (C=O) groups excluding carboxylic acids is 2. The Bertz CT molecular complexity index is 926. The first-order valence-electron chi connectivity index (χ1n) is 10.4. The molecule has 3 aliphatic rings. The van der Waals surface area contributed by atoms with Crippen LogP contribution in [0.1, 0.15) is 47.5 Å². The summed E-state index contributed by atoms with van der Waals surface area (Å²) < 4.78 is 0. The molecular weight excluding hydrogens is 366 g/mol. The van der Waals surface area contributed by atoms with Crippen molar-refractivity contribution in [3.63, 3.8) is 0 Å². The van der Waals surface area contributed by atoms with Crippen LogP contribution in [0.3, 0.4) is 0 Å². The maximum atomic E-state index is 13.3. The zero-order valence-corrected chi connectivity index (χ0v) is 16.3. The highest BCUT2D eigenvalue weighted by Gasteiger charge is 2.55. The van der Waals surface area contributed by atoms with Crippen molar-refractivity contribution in [2.75, 3.05) is 18.1 Å². The highest BCUT2D eigenvalue weighted by molar-refractivity contribution is 5.99. The molecule has 0 radical (unpaired) electrons. The first kappa shape index (κ1) is 18.3. The minimum absolute atomic E-state index is 0.0458. The fraction of sp³-hybridized carbons (Fsp3) is 0.435. The molecule has 150 valence electrons. The fourth-order valence-electron chi connectivity index (χ4n) is 5.41. The van der Waals surface area contributed by atoms with Gasteiger partial charge in [-0.2, -0.15) is 0 Å². The molecule has 1 N–H and O–H groups in total. The molecular formula is C23H25N3O3. The van der Waals surface area contributed by atoms with E-state index in [4.69, 9.17) is 0 Å². The van der Waals surface area contributed by atoms with Crippen molar-refractivity contribution in [3.8, 4) is 0 Å². The molecule has 2 amide bonds. The summed E-state index contributed by atoms with van der Waals surface area (Å²) >= 11 is 0. The van der Waals surface area contributed by atoms with Gasteiger partial charge in [0.1, 0.15) is 0 Å². The predicted molar refractivity (Wildman–Crippen MR) is 109 cm³/mol. The van der Waals surface area contributed by atoms with E-state index in [2.05, 4.69) is 4.98 Å². The molecule has 5 rings (SSSR count). The van der Waals surface area contributed by atoms with E-state index >= 15 is 0 Å². The number of hydrogen-bond acceptors (Lipinski definition) is 4. The monoisotopic (exact) mass is 391 g/mol. The van der Waals surface area contributed by atoms with Gasteiger partial charge in [0.05, 0.1) is 24.3 Å². The average molecular weight is 391 g/mol. The van der Waals surface area contributed by atoms with Crippen molar-refractivity contribution in [2.24, 2.45) is 5.92 Å². The van der Waals surface area contributed by atoms with Gasteiger partial charge in [0.15, 0.2) is 0 Å². The highest BCUT2D eigenvalue weighted by Crippen LogP contribution is 2.49. The molecule has 1 aromatic heterocycles. The molecule has 1 saturated heterocycles. The predicted octanol–water partition coefficient (Wildman–Crippen LogP) is 2.59. The molecule has 0 spiro atoms. The molecule has 2 fully saturated rings. The maximum absolute atomic E-state index is 13.3. The Balaban J connectivity index is 1.50. The van der Waals surface area contributed by atoms with Crippen LogP contribution in [0.5, 0.6) is 0 Å². The molecule has 1 saturated carbocycles. The average Bonchev–Trinajstić information content (AvgIpc) is 3.29. The summed E-state index contributed by atoms with van der Waals surface area (Å²) in [5.41, 5.74) is 2.51. The summed E-state index contributed by atoms with van der Waals surface area (Å²) in [5, 5.41) is 10.1. The molecule has 3 heterocycles. The second-order valence-corrected chi connectivity index (χ2v) is 8.29. The van der Waals surface area contributed by atoms with Gasteiger partial charge in [-0.25, -0.2) is 0 Å². The lowest BCUT2D eigenvalue weighted by molar-refractivity contribution is -0.123. The Morgan fingerprint density at radius 3 is 2.62 bits per heavy atom. The number of amides is 2. The minimum atomic E-state index is -0.280. The number of hydrogen-bond donors (Lipinski definition) is 1. The van der Waals surface area contributed by atoms with Gasteiger partial charge in [0.2, 0.25) is 5.91 Å². The van der Waals surface area contributed by atoms with Gasteiger partial charge < -0.3 is 14.9 Å². The normalized spacial score (nSPS) is 25.9. The lowest BCUT2D eigenvalue weighted by Gasteiger charge is -2.59. The van der Waals surface area contributed by atoms with Crippen LogP contribution >= 0.6 is 0 Å². The molecule has 6 heteroatoms. The van der Waals surface area contributed by atoms with Gasteiger partial charge in [0.25, 0.3) is 5.91 Å². The number of pyridine rings is 1. The highest BCUT2D eigenvalue weighted by atomic mass is 16.3. The van der Waals surface area contributed by atoms with Crippen molar-refractivity contribution < 1.29 is 14.7 Å². The number of carbonyl (C=O) groups is 2. The number of likely N-dealkylation sites (tertiary alicyclic amines) is 1. The number of benzene rings is 1. The molecule has 2 aromatic rings. The van der Waals surface area contributed by atoms with Gasteiger partial charge in [-0.05, 0) is 36.6 Å². The van der Waals surface area contributed by atoms with Gasteiger partial charge in [0, 0.05) is 36.5 Å². The van der Waals surface area contributed by atoms with E-state index < -0.39 is 0 Å². The summed E-state index contributed by atoms with van der Waals surface area (Å²) in [6, 6.07) is 11.0. The summed E-state index contributed by atoms with van der Waals surface area (Å²) in [7, 11) is 0. The largest absolute Gasteiger partial charge is 0.394 e. The standard InChI is InChI=1S/C23H25N3O3/c27-14-20-21-17-9-3-4-10-18(17)25(22(28)15-6-1-2-7-15)13-19(21)26(20)23(29)16-8-5-11-24-12-16/h3-5,8-12,15,19-21,27H,1-2,6-7,13-14H2/t19-,20+,21+/m0/s1. The zero-order chi connectivity index (χ0) is 20.0. The quantitative estimate of drug-likeness (QED) is 0.873. The molecule has 1 aliphatic carbocycles. The van der Waals surface area contributed by atoms with Crippen molar-refractivity contribution >= 4 is 17.5 Å². The molecule has 0 unspecified atom stereocenters. The van der Waals surface area contributed by atoms with Gasteiger partial charge in [-0.15, -0.1) is 0 Å². The van der Waals surface area contributed by atoms with Crippen LogP contribution in [0, 0.1) is 5.92 Å².